The maximum Gasteiger partial charge on any atom is 0.153 e. The van der Waals surface area contributed by atoms with E-state index in [0.717, 1.165) is 22.4 Å². The van der Waals surface area contributed by atoms with E-state index in [1.165, 1.54) is 61.9 Å². The fraction of sp³-hybridized carbons (Fsp3) is 0.786. The molecule has 1 saturated carbocycles. The summed E-state index contributed by atoms with van der Waals surface area (Å²) < 4.78 is 22.4. The van der Waals surface area contributed by atoms with Crippen LogP contribution in [0.1, 0.15) is 49.2 Å². The third kappa shape index (κ3) is 6.14. The van der Waals surface area contributed by atoms with Gasteiger partial charge in [-0.3, -0.25) is 0 Å². The highest BCUT2D eigenvalue weighted by molar-refractivity contribution is 7.98. The molecular weight excluding hydrogens is 310 g/mol. The highest BCUT2D eigenvalue weighted by atomic mass is 32.2. The number of thiazole rings is 1. The van der Waals surface area contributed by atoms with Gasteiger partial charge < -0.3 is 0 Å². The summed E-state index contributed by atoms with van der Waals surface area (Å²) in [6, 6.07) is 0. The van der Waals surface area contributed by atoms with Gasteiger partial charge in [0.05, 0.1) is 5.69 Å². The standard InChI is InChI=1S/C14H23NO2S3/c1-20(16,17)11-14-15-13(10-19-14)9-18-8-12-6-4-2-3-5-7-12/h10,12H,2-9,11H2,1H3. The average molecular weight is 334 g/mol. The molecule has 0 unspecified atom stereocenters. The van der Waals surface area contributed by atoms with E-state index < -0.39 is 9.84 Å². The van der Waals surface area contributed by atoms with E-state index in [0.29, 0.717) is 0 Å². The zero-order chi connectivity index (χ0) is 14.4. The molecule has 0 atom stereocenters. The predicted octanol–water partition coefficient (Wildman–Crippen LogP) is 3.89. The monoisotopic (exact) mass is 333 g/mol. The number of sulfone groups is 1. The van der Waals surface area contributed by atoms with Crippen molar-refractivity contribution >= 4 is 32.9 Å². The van der Waals surface area contributed by atoms with Crippen molar-refractivity contribution in [2.45, 2.75) is 50.0 Å². The Morgan fingerprint density at radius 1 is 1.30 bits per heavy atom. The summed E-state index contributed by atoms with van der Waals surface area (Å²) in [7, 11) is -2.96. The number of hydrogen-bond donors (Lipinski definition) is 0. The predicted molar refractivity (Wildman–Crippen MR) is 88.0 cm³/mol. The van der Waals surface area contributed by atoms with Crippen molar-refractivity contribution in [2.24, 2.45) is 5.92 Å². The van der Waals surface area contributed by atoms with Crippen LogP contribution in [0.5, 0.6) is 0 Å². The van der Waals surface area contributed by atoms with Gasteiger partial charge in [0.15, 0.2) is 9.84 Å². The zero-order valence-corrected chi connectivity index (χ0v) is 14.5. The second kappa shape index (κ2) is 7.80. The van der Waals surface area contributed by atoms with Gasteiger partial charge >= 0.3 is 0 Å². The summed E-state index contributed by atoms with van der Waals surface area (Å²) in [6.45, 7) is 0. The molecule has 0 aliphatic heterocycles. The molecule has 1 aliphatic carbocycles. The maximum absolute atomic E-state index is 11.2. The molecule has 2 rings (SSSR count). The van der Waals surface area contributed by atoms with Crippen LogP contribution in [0.2, 0.25) is 0 Å². The molecule has 0 amide bonds. The summed E-state index contributed by atoms with van der Waals surface area (Å²) in [6.07, 6.45) is 9.60. The molecule has 1 fully saturated rings. The Bertz CT molecular complexity index is 502. The van der Waals surface area contributed by atoms with Gasteiger partial charge in [-0.15, -0.1) is 11.3 Å². The van der Waals surface area contributed by atoms with E-state index in [2.05, 4.69) is 4.98 Å². The van der Waals surface area contributed by atoms with Crippen LogP contribution < -0.4 is 0 Å². The molecule has 0 radical (unpaired) electrons. The van der Waals surface area contributed by atoms with Crippen molar-refractivity contribution in [3.63, 3.8) is 0 Å². The van der Waals surface area contributed by atoms with Crippen molar-refractivity contribution in [3.05, 3.63) is 16.1 Å². The molecular formula is C14H23NO2S3. The molecule has 0 N–H and O–H groups in total. The number of thioether (sulfide) groups is 1. The summed E-state index contributed by atoms with van der Waals surface area (Å²) in [5.41, 5.74) is 1.03. The summed E-state index contributed by atoms with van der Waals surface area (Å²) in [5.74, 6) is 3.08. The highest BCUT2D eigenvalue weighted by Crippen LogP contribution is 2.27. The van der Waals surface area contributed by atoms with Gasteiger partial charge in [-0.1, -0.05) is 25.7 Å². The second-order valence-electron chi connectivity index (χ2n) is 5.68. The summed E-state index contributed by atoms with van der Waals surface area (Å²) in [5, 5.41) is 2.72. The molecule has 1 heterocycles. The second-order valence-corrected chi connectivity index (χ2v) is 9.79. The van der Waals surface area contributed by atoms with Crippen molar-refractivity contribution in [1.82, 2.24) is 4.98 Å². The molecule has 1 aromatic rings. The quantitative estimate of drug-likeness (QED) is 0.741. The third-order valence-electron chi connectivity index (χ3n) is 3.56. The lowest BCUT2D eigenvalue weighted by Crippen LogP contribution is -2.02. The molecule has 0 saturated heterocycles. The lowest BCUT2D eigenvalue weighted by molar-refractivity contribution is 0.513. The average Bonchev–Trinajstić information content (AvgIpc) is 2.62. The largest absolute Gasteiger partial charge is 0.244 e. The minimum atomic E-state index is -2.96. The number of rotatable bonds is 6. The van der Waals surface area contributed by atoms with E-state index in [4.69, 9.17) is 0 Å². The fourth-order valence-electron chi connectivity index (χ4n) is 2.57. The van der Waals surface area contributed by atoms with Crippen molar-refractivity contribution < 1.29 is 8.42 Å². The van der Waals surface area contributed by atoms with Gasteiger partial charge in [-0.25, -0.2) is 13.4 Å². The topological polar surface area (TPSA) is 47.0 Å². The Kier molecular flexibility index (Phi) is 6.36. The Morgan fingerprint density at radius 3 is 2.65 bits per heavy atom. The molecule has 114 valence electrons. The smallest absolute Gasteiger partial charge is 0.153 e. The normalized spacial score (nSPS) is 18.1. The van der Waals surface area contributed by atoms with Gasteiger partial charge in [0.2, 0.25) is 0 Å². The molecule has 3 nitrogen and oxygen atoms in total. The van der Waals surface area contributed by atoms with E-state index in [-0.39, 0.29) is 5.75 Å². The molecule has 1 aromatic heterocycles. The van der Waals surface area contributed by atoms with Crippen LogP contribution in [-0.4, -0.2) is 25.4 Å². The SMILES string of the molecule is CS(=O)(=O)Cc1nc(CSCC2CCCCCC2)cs1. The van der Waals surface area contributed by atoms with E-state index in [1.807, 2.05) is 17.1 Å². The molecule has 0 aromatic carbocycles. The summed E-state index contributed by atoms with van der Waals surface area (Å²) in [4.78, 5) is 4.42. The molecule has 6 heteroatoms. The van der Waals surface area contributed by atoms with E-state index in [1.54, 1.807) is 0 Å². The van der Waals surface area contributed by atoms with Crippen LogP contribution in [0, 0.1) is 5.92 Å². The van der Waals surface area contributed by atoms with E-state index >= 15 is 0 Å². The van der Waals surface area contributed by atoms with Crippen LogP contribution in [0.3, 0.4) is 0 Å². The van der Waals surface area contributed by atoms with Crippen LogP contribution in [-0.2, 0) is 21.3 Å². The van der Waals surface area contributed by atoms with Gasteiger partial charge in [0, 0.05) is 17.4 Å². The molecule has 1 aliphatic rings. The van der Waals surface area contributed by atoms with Crippen molar-refractivity contribution in [1.29, 1.82) is 0 Å². The van der Waals surface area contributed by atoms with Crippen LogP contribution in [0.15, 0.2) is 5.38 Å². The first-order valence-electron chi connectivity index (χ1n) is 7.22. The minimum absolute atomic E-state index is 0.0744. The Labute approximate surface area is 130 Å². The maximum atomic E-state index is 11.2. The van der Waals surface area contributed by atoms with Crippen molar-refractivity contribution in [2.75, 3.05) is 12.0 Å². The van der Waals surface area contributed by atoms with Gasteiger partial charge in [-0.2, -0.15) is 11.8 Å². The Balaban J connectivity index is 1.73. The van der Waals surface area contributed by atoms with Crippen LogP contribution in [0.25, 0.3) is 0 Å². The lowest BCUT2D eigenvalue weighted by Gasteiger charge is -2.12. The molecule has 0 spiro atoms. The van der Waals surface area contributed by atoms with Gasteiger partial charge in [0.1, 0.15) is 10.8 Å². The first kappa shape index (κ1) is 16.3. The highest BCUT2D eigenvalue weighted by Gasteiger charge is 2.13. The summed E-state index contributed by atoms with van der Waals surface area (Å²) >= 11 is 3.41. The molecule has 0 bridgehead atoms. The lowest BCUT2D eigenvalue weighted by atomic mass is 10.0. The third-order valence-corrected chi connectivity index (χ3v) is 6.65. The first-order valence-corrected chi connectivity index (χ1v) is 11.3. The minimum Gasteiger partial charge on any atom is -0.244 e. The number of aromatic nitrogens is 1. The van der Waals surface area contributed by atoms with E-state index in [9.17, 15) is 8.42 Å². The fourth-order valence-corrected chi connectivity index (χ4v) is 5.82. The number of nitrogens with zero attached hydrogens (tertiary/aromatic N) is 1. The Morgan fingerprint density at radius 2 is 2.00 bits per heavy atom. The Hall–Kier alpha value is -0.0700. The van der Waals surface area contributed by atoms with Crippen LogP contribution in [0.4, 0.5) is 0 Å². The molecule has 20 heavy (non-hydrogen) atoms. The van der Waals surface area contributed by atoms with Gasteiger partial charge in [0.25, 0.3) is 0 Å². The van der Waals surface area contributed by atoms with Crippen molar-refractivity contribution in [3.8, 4) is 0 Å². The van der Waals surface area contributed by atoms with Gasteiger partial charge in [-0.05, 0) is 24.5 Å². The first-order chi connectivity index (χ1) is 9.53. The number of hydrogen-bond acceptors (Lipinski definition) is 5. The van der Waals surface area contributed by atoms with Crippen LogP contribution >= 0.6 is 23.1 Å². The zero-order valence-electron chi connectivity index (χ0n) is 12.0.